The Kier molecular flexibility index (Phi) is 5.57. The molecule has 0 radical (unpaired) electrons. The molecule has 0 aliphatic carbocycles. The van der Waals surface area contributed by atoms with Gasteiger partial charge >= 0.3 is 5.97 Å². The quantitative estimate of drug-likeness (QED) is 0.364. The summed E-state index contributed by atoms with van der Waals surface area (Å²) < 4.78 is 22.0. The van der Waals surface area contributed by atoms with E-state index in [9.17, 15) is 9.36 Å². The van der Waals surface area contributed by atoms with Gasteiger partial charge in [-0.05, 0) is 44.5 Å². The van der Waals surface area contributed by atoms with E-state index in [1.807, 2.05) is 6.07 Å². The number of carbonyl (C=O) groups is 1. The zero-order chi connectivity index (χ0) is 17.0. The second-order valence-electron chi connectivity index (χ2n) is 6.08. The minimum absolute atomic E-state index is 0.0831. The van der Waals surface area contributed by atoms with Crippen molar-refractivity contribution >= 4 is 19.4 Å². The Morgan fingerprint density at radius 3 is 2.18 bits per heavy atom. The molecule has 22 heavy (non-hydrogen) atoms. The Labute approximate surface area is 131 Å². The third kappa shape index (κ3) is 6.60. The maximum Gasteiger partial charge on any atom is 0.349 e. The fraction of sp³-hybridized carbons (Fsp3) is 0.375. The summed E-state index contributed by atoms with van der Waals surface area (Å²) in [7, 11) is -2.62. The van der Waals surface area contributed by atoms with E-state index in [0.717, 1.165) is 0 Å². The van der Waals surface area contributed by atoms with Crippen molar-refractivity contribution < 1.29 is 18.6 Å². The lowest BCUT2D eigenvalue weighted by Crippen LogP contribution is -2.24. The molecule has 0 N–H and O–H groups in total. The summed E-state index contributed by atoms with van der Waals surface area (Å²) in [4.78, 5) is 11.9. The molecule has 0 bridgehead atoms. The number of ether oxygens (including phenoxy) is 1. The fourth-order valence-electron chi connectivity index (χ4n) is 1.52. The van der Waals surface area contributed by atoms with Crippen LogP contribution < -0.4 is 4.52 Å². The molecule has 1 aromatic carbocycles. The number of rotatable bonds is 4. The van der Waals surface area contributed by atoms with Gasteiger partial charge in [0.2, 0.25) is 7.37 Å². The molecule has 0 heterocycles. The van der Waals surface area contributed by atoms with Crippen LogP contribution in [0.2, 0.25) is 0 Å². The van der Waals surface area contributed by atoms with Crippen LogP contribution in [0.4, 0.5) is 0 Å². The van der Waals surface area contributed by atoms with E-state index in [2.05, 4.69) is 0 Å². The van der Waals surface area contributed by atoms with Gasteiger partial charge in [0.05, 0.1) is 0 Å². The first kappa shape index (κ1) is 18.0. The van der Waals surface area contributed by atoms with Crippen molar-refractivity contribution in [3.8, 4) is 11.8 Å². The number of hydrogen-bond acceptors (Lipinski definition) is 5. The number of carbonyl (C=O) groups excluding carboxylic acids is 1. The molecule has 0 saturated carbocycles. The maximum absolute atomic E-state index is 11.9. The molecule has 0 atom stereocenters. The summed E-state index contributed by atoms with van der Waals surface area (Å²) in [5.74, 6) is -0.191. The molecule has 0 aliphatic rings. The molecule has 0 amide bonds. The van der Waals surface area contributed by atoms with Crippen molar-refractivity contribution in [2.45, 2.75) is 26.4 Å². The predicted octanol–water partition coefficient (Wildman–Crippen LogP) is 3.85. The molecule has 0 saturated heterocycles. The topological polar surface area (TPSA) is 76.4 Å². The second kappa shape index (κ2) is 6.81. The standard InChI is InChI=1S/C16H20NO4P/c1-16(2,3)20-15(18)13(11-17)10-12-6-8-14(9-7-12)21-22(4,5)19/h6-10H,1-5H3/b13-10+. The Hall–Kier alpha value is -2.05. The number of nitriles is 1. The molecule has 1 rings (SSSR count). The average molecular weight is 321 g/mol. The number of nitrogens with zero attached hydrogens (tertiary/aromatic N) is 1. The molecule has 118 valence electrons. The first-order valence-electron chi connectivity index (χ1n) is 6.70. The molecule has 1 aromatic rings. The van der Waals surface area contributed by atoms with E-state index < -0.39 is 18.9 Å². The molecular weight excluding hydrogens is 301 g/mol. The lowest BCUT2D eigenvalue weighted by Gasteiger charge is -2.18. The van der Waals surface area contributed by atoms with E-state index in [1.54, 1.807) is 45.0 Å². The zero-order valence-electron chi connectivity index (χ0n) is 13.4. The largest absolute Gasteiger partial charge is 0.456 e. The van der Waals surface area contributed by atoms with E-state index in [-0.39, 0.29) is 5.57 Å². The molecule has 0 spiro atoms. The summed E-state index contributed by atoms with van der Waals surface area (Å²) in [6.07, 6.45) is 1.44. The van der Waals surface area contributed by atoms with Crippen molar-refractivity contribution in [2.24, 2.45) is 0 Å². The highest BCUT2D eigenvalue weighted by Gasteiger charge is 2.19. The molecule has 0 aliphatic heterocycles. The summed E-state index contributed by atoms with van der Waals surface area (Å²) in [5.41, 5.74) is -0.0919. The molecule has 5 nitrogen and oxygen atoms in total. The van der Waals surface area contributed by atoms with Crippen LogP contribution in [0.25, 0.3) is 6.08 Å². The van der Waals surface area contributed by atoms with E-state index in [1.165, 1.54) is 19.4 Å². The van der Waals surface area contributed by atoms with Gasteiger partial charge in [-0.25, -0.2) is 4.79 Å². The molecule has 0 fully saturated rings. The minimum atomic E-state index is -2.62. The normalized spacial score (nSPS) is 12.5. The highest BCUT2D eigenvalue weighted by molar-refractivity contribution is 7.57. The smallest absolute Gasteiger partial charge is 0.349 e. The van der Waals surface area contributed by atoms with Gasteiger partial charge in [0.25, 0.3) is 0 Å². The Morgan fingerprint density at radius 1 is 1.23 bits per heavy atom. The number of benzene rings is 1. The van der Waals surface area contributed by atoms with Gasteiger partial charge < -0.3 is 9.26 Å². The van der Waals surface area contributed by atoms with Crippen LogP contribution in [-0.4, -0.2) is 24.9 Å². The monoisotopic (exact) mass is 321 g/mol. The van der Waals surface area contributed by atoms with Gasteiger partial charge in [-0.3, -0.25) is 4.57 Å². The fourth-order valence-corrected chi connectivity index (χ4v) is 2.14. The maximum atomic E-state index is 11.9. The number of hydrogen-bond donors (Lipinski definition) is 0. The van der Waals surface area contributed by atoms with Crippen molar-refractivity contribution in [1.29, 1.82) is 5.26 Å². The molecule has 6 heteroatoms. The molecule has 0 aromatic heterocycles. The van der Waals surface area contributed by atoms with Crippen LogP contribution in [0.1, 0.15) is 26.3 Å². The minimum Gasteiger partial charge on any atom is -0.456 e. The third-order valence-corrected chi connectivity index (χ3v) is 2.91. The lowest BCUT2D eigenvalue weighted by atomic mass is 10.1. The van der Waals surface area contributed by atoms with Gasteiger partial charge in [-0.1, -0.05) is 12.1 Å². The van der Waals surface area contributed by atoms with Crippen LogP contribution in [0.3, 0.4) is 0 Å². The van der Waals surface area contributed by atoms with Crippen LogP contribution in [0, 0.1) is 11.3 Å². The summed E-state index contributed by atoms with van der Waals surface area (Å²) in [6, 6.07) is 8.45. The Bertz CT molecular complexity index is 657. The van der Waals surface area contributed by atoms with Crippen molar-refractivity contribution in [1.82, 2.24) is 0 Å². The lowest BCUT2D eigenvalue weighted by molar-refractivity contribution is -0.149. The molecular formula is C16H20NO4P. The van der Waals surface area contributed by atoms with Crippen LogP contribution in [-0.2, 0) is 14.1 Å². The molecule has 0 unspecified atom stereocenters. The zero-order valence-corrected chi connectivity index (χ0v) is 14.3. The van der Waals surface area contributed by atoms with Gasteiger partial charge in [0, 0.05) is 13.3 Å². The van der Waals surface area contributed by atoms with E-state index in [4.69, 9.17) is 14.5 Å². The third-order valence-electron chi connectivity index (χ3n) is 2.26. The van der Waals surface area contributed by atoms with Gasteiger partial charge in [0.1, 0.15) is 23.0 Å². The van der Waals surface area contributed by atoms with E-state index in [0.29, 0.717) is 11.3 Å². The first-order valence-corrected chi connectivity index (χ1v) is 9.22. The Morgan fingerprint density at radius 2 is 1.77 bits per heavy atom. The van der Waals surface area contributed by atoms with Gasteiger partial charge in [0.15, 0.2) is 0 Å². The summed E-state index contributed by atoms with van der Waals surface area (Å²) in [6.45, 7) is 8.26. The summed E-state index contributed by atoms with van der Waals surface area (Å²) >= 11 is 0. The number of esters is 1. The van der Waals surface area contributed by atoms with Crippen molar-refractivity contribution in [3.05, 3.63) is 35.4 Å². The van der Waals surface area contributed by atoms with Crippen LogP contribution >= 0.6 is 7.37 Å². The SMILES string of the molecule is CC(C)(C)OC(=O)/C(C#N)=C/c1ccc(OP(C)(C)=O)cc1. The first-order chi connectivity index (χ1) is 10.00. The predicted molar refractivity (Wildman–Crippen MR) is 86.0 cm³/mol. The highest BCUT2D eigenvalue weighted by atomic mass is 31.2. The second-order valence-corrected chi connectivity index (χ2v) is 8.77. The van der Waals surface area contributed by atoms with Gasteiger partial charge in [-0.15, -0.1) is 0 Å². The van der Waals surface area contributed by atoms with E-state index >= 15 is 0 Å². The van der Waals surface area contributed by atoms with Crippen molar-refractivity contribution in [3.63, 3.8) is 0 Å². The Balaban J connectivity index is 2.93. The van der Waals surface area contributed by atoms with Crippen molar-refractivity contribution in [2.75, 3.05) is 13.3 Å². The average Bonchev–Trinajstić information content (AvgIpc) is 2.33. The van der Waals surface area contributed by atoms with Gasteiger partial charge in [-0.2, -0.15) is 5.26 Å². The highest BCUT2D eigenvalue weighted by Crippen LogP contribution is 2.38. The van der Waals surface area contributed by atoms with Crippen LogP contribution in [0.15, 0.2) is 29.8 Å². The summed E-state index contributed by atoms with van der Waals surface area (Å²) in [5, 5.41) is 9.08. The van der Waals surface area contributed by atoms with Crippen LogP contribution in [0.5, 0.6) is 5.75 Å².